The van der Waals surface area contributed by atoms with Gasteiger partial charge in [0, 0.05) is 26.6 Å². The van der Waals surface area contributed by atoms with Crippen LogP contribution >= 0.6 is 0 Å². The van der Waals surface area contributed by atoms with Crippen molar-refractivity contribution in [1.82, 2.24) is 4.90 Å². The van der Waals surface area contributed by atoms with Crippen molar-refractivity contribution >= 4 is 5.91 Å². The number of aryl methyl sites for hydroxylation is 1. The predicted molar refractivity (Wildman–Crippen MR) is 72.6 cm³/mol. The summed E-state index contributed by atoms with van der Waals surface area (Å²) in [5.74, 6) is 0.906. The molecule has 100 valence electrons. The molecule has 0 spiro atoms. The van der Waals surface area contributed by atoms with E-state index in [0.717, 1.165) is 23.3 Å². The van der Waals surface area contributed by atoms with Gasteiger partial charge in [-0.2, -0.15) is 0 Å². The van der Waals surface area contributed by atoms with Gasteiger partial charge in [-0.25, -0.2) is 0 Å². The van der Waals surface area contributed by atoms with Crippen LogP contribution in [0.25, 0.3) is 0 Å². The minimum atomic E-state index is -0.267. The summed E-state index contributed by atoms with van der Waals surface area (Å²) in [6, 6.07) is 5.59. The zero-order valence-electron chi connectivity index (χ0n) is 11.6. The van der Waals surface area contributed by atoms with Crippen LogP contribution in [0.2, 0.25) is 0 Å². The fourth-order valence-electron chi connectivity index (χ4n) is 1.79. The van der Waals surface area contributed by atoms with Crippen molar-refractivity contribution in [3.8, 4) is 5.75 Å². The van der Waals surface area contributed by atoms with Crippen LogP contribution in [0.15, 0.2) is 18.2 Å². The Labute approximate surface area is 109 Å². The molecule has 4 heteroatoms. The molecule has 0 heterocycles. The molecule has 0 aromatic heterocycles. The molecule has 18 heavy (non-hydrogen) atoms. The van der Waals surface area contributed by atoms with Crippen molar-refractivity contribution in [2.45, 2.75) is 25.8 Å². The molecule has 1 aromatic rings. The van der Waals surface area contributed by atoms with Gasteiger partial charge in [0.15, 0.2) is 0 Å². The lowest BCUT2D eigenvalue weighted by atomic mass is 10.00. The lowest BCUT2D eigenvalue weighted by Gasteiger charge is -2.17. The summed E-state index contributed by atoms with van der Waals surface area (Å²) in [4.78, 5) is 13.2. The third kappa shape index (κ3) is 3.47. The molecule has 0 aliphatic heterocycles. The highest BCUT2D eigenvalue weighted by atomic mass is 16.5. The topological polar surface area (TPSA) is 55.6 Å². The van der Waals surface area contributed by atoms with Gasteiger partial charge in [-0.05, 0) is 23.6 Å². The van der Waals surface area contributed by atoms with E-state index in [1.165, 1.54) is 0 Å². The summed E-state index contributed by atoms with van der Waals surface area (Å²) in [7, 11) is 5.13. The van der Waals surface area contributed by atoms with Crippen molar-refractivity contribution in [2.75, 3.05) is 21.2 Å². The molecule has 0 aliphatic carbocycles. The Morgan fingerprint density at radius 2 is 2.11 bits per heavy atom. The normalized spacial score (nSPS) is 12.1. The number of benzene rings is 1. The number of hydrogen-bond acceptors (Lipinski definition) is 3. The number of amides is 1. The van der Waals surface area contributed by atoms with Crippen molar-refractivity contribution in [3.63, 3.8) is 0 Å². The fraction of sp³-hybridized carbons (Fsp3) is 0.500. The SMILES string of the molecule is CCc1cc(C(N)CC(=O)N(C)C)ccc1OC. The van der Waals surface area contributed by atoms with Crippen molar-refractivity contribution in [1.29, 1.82) is 0 Å². The van der Waals surface area contributed by atoms with Crippen LogP contribution in [-0.4, -0.2) is 32.0 Å². The summed E-state index contributed by atoms with van der Waals surface area (Å²) in [5, 5.41) is 0. The number of nitrogens with zero attached hydrogens (tertiary/aromatic N) is 1. The maximum Gasteiger partial charge on any atom is 0.223 e. The second kappa shape index (κ2) is 6.40. The maximum absolute atomic E-state index is 11.6. The van der Waals surface area contributed by atoms with Gasteiger partial charge in [0.2, 0.25) is 5.91 Å². The van der Waals surface area contributed by atoms with Crippen LogP contribution in [0.4, 0.5) is 0 Å². The van der Waals surface area contributed by atoms with Gasteiger partial charge < -0.3 is 15.4 Å². The highest BCUT2D eigenvalue weighted by Crippen LogP contribution is 2.24. The molecular weight excluding hydrogens is 228 g/mol. The fourth-order valence-corrected chi connectivity index (χ4v) is 1.79. The zero-order chi connectivity index (χ0) is 13.7. The van der Waals surface area contributed by atoms with E-state index in [0.29, 0.717) is 6.42 Å². The first-order chi connectivity index (χ1) is 8.49. The van der Waals surface area contributed by atoms with Crippen LogP contribution in [0.1, 0.15) is 30.5 Å². The van der Waals surface area contributed by atoms with E-state index >= 15 is 0 Å². The Morgan fingerprint density at radius 1 is 1.44 bits per heavy atom. The van der Waals surface area contributed by atoms with E-state index in [9.17, 15) is 4.79 Å². The number of rotatable bonds is 5. The van der Waals surface area contributed by atoms with E-state index in [-0.39, 0.29) is 11.9 Å². The lowest BCUT2D eigenvalue weighted by molar-refractivity contribution is -0.129. The number of ether oxygens (including phenoxy) is 1. The van der Waals surface area contributed by atoms with Gasteiger partial charge >= 0.3 is 0 Å². The number of nitrogens with two attached hydrogens (primary N) is 1. The van der Waals surface area contributed by atoms with E-state index in [4.69, 9.17) is 10.5 Å². The molecule has 0 saturated carbocycles. The van der Waals surface area contributed by atoms with Gasteiger partial charge in [-0.15, -0.1) is 0 Å². The second-order valence-corrected chi connectivity index (χ2v) is 4.52. The smallest absolute Gasteiger partial charge is 0.223 e. The Balaban J connectivity index is 2.86. The molecule has 4 nitrogen and oxygen atoms in total. The molecule has 1 aromatic carbocycles. The summed E-state index contributed by atoms with van der Waals surface area (Å²) in [6.07, 6.45) is 1.20. The number of methoxy groups -OCH3 is 1. The Morgan fingerprint density at radius 3 is 2.61 bits per heavy atom. The molecular formula is C14H22N2O2. The van der Waals surface area contributed by atoms with Crippen molar-refractivity contribution in [2.24, 2.45) is 5.73 Å². The maximum atomic E-state index is 11.6. The molecule has 1 amide bonds. The average molecular weight is 250 g/mol. The van der Waals surface area contributed by atoms with Gasteiger partial charge in [0.25, 0.3) is 0 Å². The summed E-state index contributed by atoms with van der Waals surface area (Å²) >= 11 is 0. The van der Waals surface area contributed by atoms with E-state index in [2.05, 4.69) is 6.92 Å². The average Bonchev–Trinajstić information content (AvgIpc) is 2.37. The van der Waals surface area contributed by atoms with Gasteiger partial charge in [-0.1, -0.05) is 19.1 Å². The quantitative estimate of drug-likeness (QED) is 0.866. The lowest BCUT2D eigenvalue weighted by Crippen LogP contribution is -2.26. The number of carbonyl (C=O) groups is 1. The zero-order valence-corrected chi connectivity index (χ0v) is 11.6. The van der Waals surface area contributed by atoms with Crippen molar-refractivity contribution < 1.29 is 9.53 Å². The molecule has 1 atom stereocenters. The summed E-state index contributed by atoms with van der Waals surface area (Å²) < 4.78 is 5.27. The highest BCUT2D eigenvalue weighted by Gasteiger charge is 2.14. The van der Waals surface area contributed by atoms with Crippen molar-refractivity contribution in [3.05, 3.63) is 29.3 Å². The van der Waals surface area contributed by atoms with Crippen LogP contribution < -0.4 is 10.5 Å². The third-order valence-corrected chi connectivity index (χ3v) is 3.01. The number of hydrogen-bond donors (Lipinski definition) is 1. The van der Waals surface area contributed by atoms with Gasteiger partial charge in [0.1, 0.15) is 5.75 Å². The Bertz CT molecular complexity index is 416. The molecule has 0 fully saturated rings. The van der Waals surface area contributed by atoms with Crippen LogP contribution in [0.5, 0.6) is 5.75 Å². The third-order valence-electron chi connectivity index (χ3n) is 3.01. The second-order valence-electron chi connectivity index (χ2n) is 4.52. The minimum absolute atomic E-state index is 0.0383. The predicted octanol–water partition coefficient (Wildman–Crippen LogP) is 1.74. The first kappa shape index (κ1) is 14.5. The van der Waals surface area contributed by atoms with Gasteiger partial charge in [0.05, 0.1) is 7.11 Å². The molecule has 2 N–H and O–H groups in total. The minimum Gasteiger partial charge on any atom is -0.496 e. The molecule has 0 bridgehead atoms. The Hall–Kier alpha value is -1.55. The first-order valence-corrected chi connectivity index (χ1v) is 6.12. The molecule has 1 unspecified atom stereocenters. The molecule has 0 radical (unpaired) electrons. The summed E-state index contributed by atoms with van der Waals surface area (Å²) in [5.41, 5.74) is 8.15. The Kier molecular flexibility index (Phi) is 5.16. The van der Waals surface area contributed by atoms with E-state index < -0.39 is 0 Å². The number of carbonyl (C=O) groups excluding carboxylic acids is 1. The van der Waals surface area contributed by atoms with Gasteiger partial charge in [-0.3, -0.25) is 4.79 Å². The molecule has 0 aliphatic rings. The van der Waals surface area contributed by atoms with Crippen LogP contribution in [0, 0.1) is 0 Å². The van der Waals surface area contributed by atoms with E-state index in [1.54, 1.807) is 26.1 Å². The summed E-state index contributed by atoms with van der Waals surface area (Å²) in [6.45, 7) is 2.07. The first-order valence-electron chi connectivity index (χ1n) is 6.12. The van der Waals surface area contributed by atoms with Crippen LogP contribution in [0.3, 0.4) is 0 Å². The molecule has 1 rings (SSSR count). The monoisotopic (exact) mass is 250 g/mol. The largest absolute Gasteiger partial charge is 0.496 e. The van der Waals surface area contributed by atoms with E-state index in [1.807, 2.05) is 18.2 Å². The highest BCUT2D eigenvalue weighted by molar-refractivity contribution is 5.76. The van der Waals surface area contributed by atoms with Crippen LogP contribution in [-0.2, 0) is 11.2 Å². The molecule has 0 saturated heterocycles. The standard InChI is InChI=1S/C14H22N2O2/c1-5-10-8-11(6-7-13(10)18-4)12(15)9-14(17)16(2)3/h6-8,12H,5,9,15H2,1-4H3.